The van der Waals surface area contributed by atoms with E-state index in [2.05, 4.69) is 138 Å². The number of hydrogen-bond donors (Lipinski definition) is 0. The van der Waals surface area contributed by atoms with Crippen LogP contribution in [0.1, 0.15) is 0 Å². The Morgan fingerprint density at radius 1 is 0.400 bits per heavy atom. The van der Waals surface area contributed by atoms with Gasteiger partial charge in [-0.05, 0) is 70.4 Å². The van der Waals surface area contributed by atoms with Crippen molar-refractivity contribution in [1.82, 2.24) is 14.5 Å². The zero-order valence-electron chi connectivity index (χ0n) is 29.4. The zero-order chi connectivity index (χ0) is 36.0. The molecule has 0 amide bonds. The summed E-state index contributed by atoms with van der Waals surface area (Å²) in [5, 5.41) is 7.83. The molecule has 4 heterocycles. The van der Waals surface area contributed by atoms with Gasteiger partial charge in [-0.2, -0.15) is 0 Å². The van der Waals surface area contributed by atoms with E-state index in [0.717, 1.165) is 83.1 Å². The minimum atomic E-state index is 0.592. The Morgan fingerprint density at radius 3 is 1.93 bits per heavy atom. The summed E-state index contributed by atoms with van der Waals surface area (Å²) < 4.78 is 15.7. The van der Waals surface area contributed by atoms with Crippen LogP contribution in [0.3, 0.4) is 0 Å². The summed E-state index contributed by atoms with van der Waals surface area (Å²) >= 11 is 0. The van der Waals surface area contributed by atoms with Crippen molar-refractivity contribution in [3.63, 3.8) is 0 Å². The van der Waals surface area contributed by atoms with E-state index in [-0.39, 0.29) is 0 Å². The summed E-state index contributed by atoms with van der Waals surface area (Å²) in [7, 11) is 0. The van der Waals surface area contributed by atoms with Gasteiger partial charge in [-0.3, -0.25) is 0 Å². The Bertz CT molecular complexity index is 3480. The van der Waals surface area contributed by atoms with Crippen molar-refractivity contribution in [1.29, 1.82) is 0 Å². The molecule has 12 rings (SSSR count). The van der Waals surface area contributed by atoms with Gasteiger partial charge in [0.1, 0.15) is 28.0 Å². The van der Waals surface area contributed by atoms with E-state index < -0.39 is 0 Å². The number of aromatic nitrogens is 3. The van der Waals surface area contributed by atoms with Crippen LogP contribution in [0.4, 0.5) is 0 Å². The molecule has 5 heteroatoms. The summed E-state index contributed by atoms with van der Waals surface area (Å²) in [5.41, 5.74) is 11.8. The van der Waals surface area contributed by atoms with Gasteiger partial charge in [-0.25, -0.2) is 9.97 Å². The number of para-hydroxylation sites is 2. The fraction of sp³-hybridized carbons (Fsp3) is 0. The Hall–Kier alpha value is -7.50. The Balaban J connectivity index is 1.19. The van der Waals surface area contributed by atoms with Gasteiger partial charge >= 0.3 is 0 Å². The van der Waals surface area contributed by atoms with Crippen LogP contribution in [0.2, 0.25) is 0 Å². The lowest BCUT2D eigenvalue weighted by Crippen LogP contribution is -1.98. The second-order valence-corrected chi connectivity index (χ2v) is 14.2. The minimum absolute atomic E-state index is 0.592. The zero-order valence-corrected chi connectivity index (χ0v) is 29.4. The fourth-order valence-corrected chi connectivity index (χ4v) is 8.43. The molecule has 0 aliphatic rings. The van der Waals surface area contributed by atoms with Crippen molar-refractivity contribution in [3.05, 3.63) is 176 Å². The molecule has 55 heavy (non-hydrogen) atoms. The summed E-state index contributed by atoms with van der Waals surface area (Å²) in [6, 6.07) is 61.4. The number of rotatable bonds is 4. The van der Waals surface area contributed by atoms with Crippen LogP contribution in [0, 0.1) is 0 Å². The summed E-state index contributed by atoms with van der Waals surface area (Å²) in [5.74, 6) is 0.592. The maximum atomic E-state index is 6.68. The predicted molar refractivity (Wildman–Crippen MR) is 225 cm³/mol. The standard InChI is InChI=1S/C50H29N3O2/c1-3-13-30(14-4-1)34-23-24-44-39(26-34)48-49(55-44)47(31-15-5-2-6-16-31)51-50(52-48)35-28-42(46-37-20-10-12-22-43(37)54-45(46)29-35)53-40-21-11-9-19-36(40)38-25-32-17-7-8-18-33(32)27-41(38)53/h1-29H. The van der Waals surface area contributed by atoms with Gasteiger partial charge in [0.25, 0.3) is 0 Å². The maximum Gasteiger partial charge on any atom is 0.180 e. The number of nitrogens with zero attached hydrogens (tertiary/aromatic N) is 3. The van der Waals surface area contributed by atoms with Gasteiger partial charge in [0.05, 0.1) is 22.1 Å². The third-order valence-corrected chi connectivity index (χ3v) is 11.0. The normalized spacial score (nSPS) is 12.0. The first kappa shape index (κ1) is 30.0. The molecule has 0 aliphatic heterocycles. The van der Waals surface area contributed by atoms with Crippen molar-refractivity contribution in [2.24, 2.45) is 0 Å². The fourth-order valence-electron chi connectivity index (χ4n) is 8.43. The van der Waals surface area contributed by atoms with E-state index in [1.54, 1.807) is 0 Å². The van der Waals surface area contributed by atoms with E-state index in [4.69, 9.17) is 18.8 Å². The van der Waals surface area contributed by atoms with E-state index in [0.29, 0.717) is 11.4 Å². The van der Waals surface area contributed by atoms with Crippen LogP contribution < -0.4 is 0 Å². The van der Waals surface area contributed by atoms with Gasteiger partial charge in [-0.15, -0.1) is 0 Å². The minimum Gasteiger partial charge on any atom is -0.456 e. The Morgan fingerprint density at radius 2 is 1.09 bits per heavy atom. The molecular weight excluding hydrogens is 675 g/mol. The summed E-state index contributed by atoms with van der Waals surface area (Å²) in [6.45, 7) is 0. The number of benzene rings is 8. The van der Waals surface area contributed by atoms with Gasteiger partial charge in [0, 0.05) is 32.7 Å². The molecular formula is C50H29N3O2. The Kier molecular flexibility index (Phi) is 6.27. The average Bonchev–Trinajstić information content (AvgIpc) is 3.92. The largest absolute Gasteiger partial charge is 0.456 e. The number of fused-ring (bicyclic) bond motifs is 10. The molecule has 8 aromatic carbocycles. The molecule has 256 valence electrons. The predicted octanol–water partition coefficient (Wildman–Crippen LogP) is 13.5. The van der Waals surface area contributed by atoms with Crippen molar-refractivity contribution in [2.45, 2.75) is 0 Å². The highest BCUT2D eigenvalue weighted by molar-refractivity contribution is 6.17. The highest BCUT2D eigenvalue weighted by Crippen LogP contribution is 2.43. The van der Waals surface area contributed by atoms with Crippen LogP contribution in [-0.4, -0.2) is 14.5 Å². The number of furan rings is 2. The molecule has 0 N–H and O–H groups in total. The van der Waals surface area contributed by atoms with Gasteiger partial charge in [0.2, 0.25) is 0 Å². The van der Waals surface area contributed by atoms with Crippen molar-refractivity contribution < 1.29 is 8.83 Å². The molecule has 0 unspecified atom stereocenters. The first-order valence-corrected chi connectivity index (χ1v) is 18.5. The lowest BCUT2D eigenvalue weighted by atomic mass is 10.0. The highest BCUT2D eigenvalue weighted by Gasteiger charge is 2.23. The van der Waals surface area contributed by atoms with Crippen molar-refractivity contribution in [3.8, 4) is 39.5 Å². The molecule has 0 aliphatic carbocycles. The van der Waals surface area contributed by atoms with Crippen molar-refractivity contribution in [2.75, 3.05) is 0 Å². The molecule has 0 fully saturated rings. The maximum absolute atomic E-state index is 6.68. The van der Waals surface area contributed by atoms with Crippen LogP contribution in [-0.2, 0) is 0 Å². The topological polar surface area (TPSA) is 57.0 Å². The van der Waals surface area contributed by atoms with Crippen LogP contribution >= 0.6 is 0 Å². The number of hydrogen-bond acceptors (Lipinski definition) is 4. The SMILES string of the molecule is c1ccc(-c2ccc3oc4c(-c5ccccc5)nc(-c5cc(-n6c7ccccc7c7cc8ccccc8cc76)c6c(c5)oc5ccccc56)nc4c3c2)cc1. The molecule has 0 saturated heterocycles. The second kappa shape index (κ2) is 11.5. The van der Waals surface area contributed by atoms with Gasteiger partial charge in [-0.1, -0.05) is 127 Å². The summed E-state index contributed by atoms with van der Waals surface area (Å²) in [6.07, 6.45) is 0. The first-order chi connectivity index (χ1) is 27.2. The molecule has 0 atom stereocenters. The lowest BCUT2D eigenvalue weighted by molar-refractivity contribution is 0.667. The third-order valence-electron chi connectivity index (χ3n) is 11.0. The Labute approximate surface area is 314 Å². The average molecular weight is 704 g/mol. The van der Waals surface area contributed by atoms with Gasteiger partial charge in [0.15, 0.2) is 11.4 Å². The van der Waals surface area contributed by atoms with Gasteiger partial charge < -0.3 is 13.4 Å². The molecule has 5 nitrogen and oxygen atoms in total. The third kappa shape index (κ3) is 4.53. The van der Waals surface area contributed by atoms with E-state index >= 15 is 0 Å². The van der Waals surface area contributed by atoms with Crippen LogP contribution in [0.15, 0.2) is 185 Å². The smallest absolute Gasteiger partial charge is 0.180 e. The quantitative estimate of drug-likeness (QED) is 0.183. The van der Waals surface area contributed by atoms with Crippen LogP contribution in [0.25, 0.3) is 116 Å². The highest BCUT2D eigenvalue weighted by atomic mass is 16.3. The summed E-state index contributed by atoms with van der Waals surface area (Å²) in [4.78, 5) is 10.7. The second-order valence-electron chi connectivity index (χ2n) is 14.2. The van der Waals surface area contributed by atoms with Crippen LogP contribution in [0.5, 0.6) is 0 Å². The molecule has 0 saturated carbocycles. The molecule has 0 spiro atoms. The molecule has 12 aromatic rings. The van der Waals surface area contributed by atoms with E-state index in [1.807, 2.05) is 42.5 Å². The van der Waals surface area contributed by atoms with E-state index in [1.165, 1.54) is 21.5 Å². The molecule has 0 radical (unpaired) electrons. The first-order valence-electron chi connectivity index (χ1n) is 18.5. The molecule has 0 bridgehead atoms. The lowest BCUT2D eigenvalue weighted by Gasteiger charge is -2.13. The monoisotopic (exact) mass is 703 g/mol. The van der Waals surface area contributed by atoms with Crippen molar-refractivity contribution >= 4 is 76.6 Å². The molecule has 4 aromatic heterocycles. The van der Waals surface area contributed by atoms with E-state index in [9.17, 15) is 0 Å².